The van der Waals surface area contributed by atoms with Crippen molar-refractivity contribution >= 4 is 45.5 Å². The van der Waals surface area contributed by atoms with Crippen LogP contribution >= 0.6 is 0 Å². The third-order valence-electron chi connectivity index (χ3n) is 12.7. The summed E-state index contributed by atoms with van der Waals surface area (Å²) in [6, 6.07) is 16.0. The Bertz CT molecular complexity index is 2170. The van der Waals surface area contributed by atoms with Crippen LogP contribution in [0.1, 0.15) is 90.2 Å². The molecule has 0 fully saturated rings. The van der Waals surface area contributed by atoms with E-state index in [2.05, 4.69) is 70.9 Å². The van der Waals surface area contributed by atoms with Crippen LogP contribution in [0.15, 0.2) is 131 Å². The zero-order valence-electron chi connectivity index (χ0n) is 40.3. The molecule has 4 aliphatic carbocycles. The molecule has 0 atom stereocenters. The van der Waals surface area contributed by atoms with E-state index in [-0.39, 0.29) is 23.1 Å². The maximum absolute atomic E-state index is 13.3. The Morgan fingerprint density at radius 3 is 1.06 bits per heavy atom. The van der Waals surface area contributed by atoms with Crippen molar-refractivity contribution in [1.82, 2.24) is 0 Å². The highest BCUT2D eigenvalue weighted by molar-refractivity contribution is 6.40. The number of ether oxygens (including phenoxy) is 2. The van der Waals surface area contributed by atoms with Gasteiger partial charge in [-0.2, -0.15) is 0 Å². The van der Waals surface area contributed by atoms with Crippen LogP contribution in [0.3, 0.4) is 0 Å². The van der Waals surface area contributed by atoms with Crippen LogP contribution in [0.4, 0.5) is 11.4 Å². The third kappa shape index (κ3) is 12.1. The molecule has 0 spiro atoms. The van der Waals surface area contributed by atoms with Crippen LogP contribution in [-0.2, 0) is 19.1 Å². The Kier molecular flexibility index (Phi) is 18.5. The standard InChI is InChI=1S/C56H70N4O6/c1-7-11-31-59(32-12-8-2)47-27-19-43(20-28-47)51-53(61)49(54(51)62)41-15-23-45(24-16-41)57(5)35-37-65-39-40-66-38-36-58(6)46-25-17-42(18-26-46)50-55(63)52(56(50)64)44-21-29-48(30-22-44)60(33-13-9-3)34-14-10-4/h15-30H,7-14,31-40H2,1-6H3/p+2. The fourth-order valence-corrected chi connectivity index (χ4v) is 8.44. The summed E-state index contributed by atoms with van der Waals surface area (Å²) in [5.74, 6) is -0.157. The average Bonchev–Trinajstić information content (AvgIpc) is 3.33. The molecule has 4 aliphatic rings. The summed E-state index contributed by atoms with van der Waals surface area (Å²) in [5.41, 5.74) is 8.66. The summed E-state index contributed by atoms with van der Waals surface area (Å²) in [6.07, 6.45) is 24.5. The van der Waals surface area contributed by atoms with Gasteiger partial charge in [-0.05, 0) is 96.5 Å². The molecule has 2 N–H and O–H groups in total. The number of nitrogens with zero attached hydrogens (tertiary/aromatic N) is 4. The van der Waals surface area contributed by atoms with Gasteiger partial charge in [0.05, 0.1) is 35.5 Å². The number of aliphatic hydroxyl groups excluding tert-OH is 2. The number of anilines is 2. The lowest BCUT2D eigenvalue weighted by molar-refractivity contribution is -0.500. The predicted octanol–water partition coefficient (Wildman–Crippen LogP) is 9.95. The Morgan fingerprint density at radius 2 is 0.773 bits per heavy atom. The molecule has 0 radical (unpaired) electrons. The van der Waals surface area contributed by atoms with Crippen LogP contribution in [-0.4, -0.2) is 122 Å². The Morgan fingerprint density at radius 1 is 0.455 bits per heavy atom. The number of aliphatic hydroxyl groups is 2. The summed E-state index contributed by atoms with van der Waals surface area (Å²) < 4.78 is 15.9. The first-order valence-corrected chi connectivity index (χ1v) is 24.3. The van der Waals surface area contributed by atoms with Gasteiger partial charge in [0.1, 0.15) is 38.8 Å². The van der Waals surface area contributed by atoms with E-state index in [1.807, 2.05) is 87.0 Å². The normalized spacial score (nSPS) is 15.7. The first-order valence-electron chi connectivity index (χ1n) is 24.3. The number of carbonyl (C=O) groups excluding carboxylic acids is 2. The minimum atomic E-state index is -0.133. The van der Waals surface area contributed by atoms with E-state index in [1.165, 1.54) is 0 Å². The molecule has 350 valence electrons. The number of hydrogen-bond donors (Lipinski definition) is 2. The van der Waals surface area contributed by atoms with Gasteiger partial charge < -0.3 is 29.5 Å². The summed E-state index contributed by atoms with van der Waals surface area (Å²) in [7, 11) is 4.00. The zero-order valence-corrected chi connectivity index (χ0v) is 40.3. The van der Waals surface area contributed by atoms with Gasteiger partial charge in [0, 0.05) is 61.9 Å². The summed E-state index contributed by atoms with van der Waals surface area (Å²) in [6.45, 7) is 16.2. The quantitative estimate of drug-likeness (QED) is 0.0577. The predicted molar refractivity (Wildman–Crippen MR) is 270 cm³/mol. The topological polar surface area (TPSA) is 106 Å². The van der Waals surface area contributed by atoms with E-state index in [1.54, 1.807) is 0 Å². The van der Waals surface area contributed by atoms with Crippen LogP contribution in [0.5, 0.6) is 0 Å². The number of rotatable bonds is 25. The minimum absolute atomic E-state index is 0.0546. The molecule has 6 rings (SSSR count). The molecular weight excluding hydrogens is 825 g/mol. The second-order valence-corrected chi connectivity index (χ2v) is 17.5. The fraction of sp³-hybridized carbons (Fsp3) is 0.429. The SMILES string of the molecule is CCCCN(CCCC)c1ccc(C2=C(O)C(=C3C=CC(=[N+](C)CCOCCOCC[N+](C)=C4C=CC(=C5C(=O)C(c6ccc(N(CCCC)CCCC)cc6)=C5O)C=C4)C=C3)C2=O)cc1. The van der Waals surface area contributed by atoms with Gasteiger partial charge in [-0.1, -0.05) is 77.6 Å². The van der Waals surface area contributed by atoms with Crippen molar-refractivity contribution in [3.63, 3.8) is 0 Å². The van der Waals surface area contributed by atoms with Crippen molar-refractivity contribution in [2.75, 3.05) is 89.6 Å². The van der Waals surface area contributed by atoms with Gasteiger partial charge in [-0.15, -0.1) is 0 Å². The van der Waals surface area contributed by atoms with Crippen LogP contribution in [0, 0.1) is 0 Å². The molecule has 0 aromatic heterocycles. The first kappa shape index (κ1) is 49.6. The molecule has 0 bridgehead atoms. The summed E-state index contributed by atoms with van der Waals surface area (Å²) >= 11 is 0. The first-order chi connectivity index (χ1) is 32.1. The van der Waals surface area contributed by atoms with Crippen molar-refractivity contribution in [3.05, 3.63) is 142 Å². The van der Waals surface area contributed by atoms with Crippen LogP contribution in [0.2, 0.25) is 0 Å². The molecule has 0 heterocycles. The molecule has 0 amide bonds. The summed E-state index contributed by atoms with van der Waals surface area (Å²) in [4.78, 5) is 31.4. The maximum atomic E-state index is 13.3. The Balaban J connectivity index is 0.911. The largest absolute Gasteiger partial charge is 0.506 e. The van der Waals surface area contributed by atoms with E-state index in [0.29, 0.717) is 73.0 Å². The lowest BCUT2D eigenvalue weighted by atomic mass is 9.80. The highest BCUT2D eigenvalue weighted by Gasteiger charge is 2.38. The van der Waals surface area contributed by atoms with Gasteiger partial charge in [0.15, 0.2) is 24.5 Å². The molecule has 2 aromatic carbocycles. The smallest absolute Gasteiger partial charge is 0.201 e. The van der Waals surface area contributed by atoms with Gasteiger partial charge >= 0.3 is 0 Å². The Labute approximate surface area is 393 Å². The van der Waals surface area contributed by atoms with Crippen molar-refractivity contribution in [3.8, 4) is 0 Å². The lowest BCUT2D eigenvalue weighted by Gasteiger charge is -2.26. The monoisotopic (exact) mass is 897 g/mol. The van der Waals surface area contributed by atoms with Crippen molar-refractivity contribution in [2.45, 2.75) is 79.1 Å². The third-order valence-corrected chi connectivity index (χ3v) is 12.7. The molecule has 0 unspecified atom stereocenters. The second-order valence-electron chi connectivity index (χ2n) is 17.5. The van der Waals surface area contributed by atoms with E-state index in [0.717, 1.165) is 111 Å². The number of Topliss-reactive ketones (excluding diaryl/α,β-unsaturated/α-hetero) is 2. The van der Waals surface area contributed by atoms with E-state index in [4.69, 9.17) is 9.47 Å². The van der Waals surface area contributed by atoms with E-state index < -0.39 is 0 Å². The molecule has 2 aromatic rings. The molecule has 0 aliphatic heterocycles. The number of unbranched alkanes of at least 4 members (excludes halogenated alkanes) is 4. The minimum Gasteiger partial charge on any atom is -0.506 e. The molecule has 10 nitrogen and oxygen atoms in total. The number of allylic oxidation sites excluding steroid dienone is 14. The second kappa shape index (κ2) is 24.6. The number of hydrogen-bond acceptors (Lipinski definition) is 8. The number of ketones is 2. The fourth-order valence-electron chi connectivity index (χ4n) is 8.44. The van der Waals surface area contributed by atoms with Crippen molar-refractivity contribution < 1.29 is 38.4 Å². The summed E-state index contributed by atoms with van der Waals surface area (Å²) in [5, 5.41) is 22.0. The maximum Gasteiger partial charge on any atom is 0.201 e. The molecule has 10 heteroatoms. The molecule has 66 heavy (non-hydrogen) atoms. The van der Waals surface area contributed by atoms with Gasteiger partial charge in [-0.25, -0.2) is 9.15 Å². The van der Waals surface area contributed by atoms with Crippen molar-refractivity contribution in [1.29, 1.82) is 0 Å². The molecule has 0 saturated heterocycles. The zero-order chi connectivity index (χ0) is 47.0. The Hall–Kier alpha value is -5.84. The number of carbonyl (C=O) groups is 2. The van der Waals surface area contributed by atoms with Gasteiger partial charge in [0.2, 0.25) is 11.6 Å². The van der Waals surface area contributed by atoms with Crippen LogP contribution in [0.25, 0.3) is 11.1 Å². The lowest BCUT2D eigenvalue weighted by Crippen LogP contribution is -2.26. The average molecular weight is 897 g/mol. The van der Waals surface area contributed by atoms with E-state index in [9.17, 15) is 19.8 Å². The molecule has 0 saturated carbocycles. The number of benzene rings is 2. The number of likely N-dealkylation sites (N-methyl/N-ethyl adjacent to an activating group) is 2. The van der Waals surface area contributed by atoms with E-state index >= 15 is 0 Å². The highest BCUT2D eigenvalue weighted by atomic mass is 16.5. The van der Waals surface area contributed by atoms with Crippen molar-refractivity contribution in [2.24, 2.45) is 0 Å². The van der Waals surface area contributed by atoms with Crippen LogP contribution < -0.4 is 9.80 Å². The highest BCUT2D eigenvalue weighted by Crippen LogP contribution is 2.40. The van der Waals surface area contributed by atoms with Gasteiger partial charge in [0.25, 0.3) is 0 Å². The van der Waals surface area contributed by atoms with Gasteiger partial charge in [-0.3, -0.25) is 9.59 Å². The molecular formula is C56H72N4O6+2.